The van der Waals surface area contributed by atoms with Gasteiger partial charge in [0.2, 0.25) is 5.91 Å². The summed E-state index contributed by atoms with van der Waals surface area (Å²) in [5.74, 6) is 0.247. The summed E-state index contributed by atoms with van der Waals surface area (Å²) in [5, 5.41) is 19.6. The van der Waals surface area contributed by atoms with Gasteiger partial charge >= 0.3 is 6.09 Å². The molecule has 3 aliphatic rings. The fourth-order valence-electron chi connectivity index (χ4n) is 5.74. The second-order valence-corrected chi connectivity index (χ2v) is 11.2. The first-order chi connectivity index (χ1) is 19.0. The van der Waals surface area contributed by atoms with Crippen LogP contribution in [-0.4, -0.2) is 86.1 Å². The minimum Gasteiger partial charge on any atom is -0.445 e. The van der Waals surface area contributed by atoms with Crippen LogP contribution < -0.4 is 16.0 Å². The number of hydrogen-bond donors (Lipinski definition) is 3. The molecule has 2 aliphatic heterocycles. The van der Waals surface area contributed by atoms with Crippen molar-refractivity contribution in [3.8, 4) is 6.07 Å². The molecule has 0 bridgehead atoms. The standard InChI is InChI=1S/C29H44N6O4/c1-34-14-12-29(22-30,13-15-34)33-26(36)25(20-23-8-4-2-5-9-23)31-27(35-16-18-38-19-17-35)32-28(37)39-21-24-10-6-3-7-11-24/h3,6-7,10-11,23,25,27,31H,2,4-5,8-9,12-21H2,1H3,(H,32,37)(H,33,36). The van der Waals surface area contributed by atoms with E-state index in [0.29, 0.717) is 51.5 Å². The van der Waals surface area contributed by atoms with E-state index < -0.39 is 24.0 Å². The fraction of sp³-hybridized carbons (Fsp3) is 0.690. The number of ether oxygens (including phenoxy) is 2. The average Bonchev–Trinajstić information content (AvgIpc) is 2.98. The van der Waals surface area contributed by atoms with Crippen LogP contribution in [0.15, 0.2) is 30.3 Å². The topological polar surface area (TPSA) is 119 Å². The van der Waals surface area contributed by atoms with E-state index in [2.05, 4.69) is 31.8 Å². The highest BCUT2D eigenvalue weighted by molar-refractivity contribution is 5.83. The van der Waals surface area contributed by atoms with Gasteiger partial charge in [-0.1, -0.05) is 62.4 Å². The number of likely N-dealkylation sites (tertiary alicyclic amines) is 1. The molecule has 214 valence electrons. The zero-order valence-electron chi connectivity index (χ0n) is 23.2. The van der Waals surface area contributed by atoms with E-state index in [-0.39, 0.29) is 12.5 Å². The number of morpholine rings is 1. The van der Waals surface area contributed by atoms with E-state index in [1.807, 2.05) is 37.4 Å². The van der Waals surface area contributed by atoms with Gasteiger partial charge in [0, 0.05) is 26.2 Å². The lowest BCUT2D eigenvalue weighted by Gasteiger charge is -2.40. The van der Waals surface area contributed by atoms with Crippen molar-refractivity contribution in [3.63, 3.8) is 0 Å². The molecule has 3 fully saturated rings. The minimum atomic E-state index is -0.868. The molecule has 2 unspecified atom stereocenters. The number of rotatable bonds is 10. The summed E-state index contributed by atoms with van der Waals surface area (Å²) in [6, 6.07) is 11.4. The second kappa shape index (κ2) is 14.6. The minimum absolute atomic E-state index is 0.160. The molecule has 10 nitrogen and oxygen atoms in total. The first-order valence-corrected chi connectivity index (χ1v) is 14.4. The lowest BCUT2D eigenvalue weighted by atomic mass is 9.84. The zero-order valence-corrected chi connectivity index (χ0v) is 23.2. The summed E-state index contributed by atoms with van der Waals surface area (Å²) in [5.41, 5.74) is 0.0325. The van der Waals surface area contributed by atoms with Crippen molar-refractivity contribution in [1.29, 1.82) is 5.26 Å². The molecule has 1 aromatic rings. The fourth-order valence-corrected chi connectivity index (χ4v) is 5.74. The molecule has 1 aromatic carbocycles. The molecular weight excluding hydrogens is 496 g/mol. The molecule has 2 heterocycles. The Morgan fingerprint density at radius 2 is 1.79 bits per heavy atom. The van der Waals surface area contributed by atoms with E-state index in [1.165, 1.54) is 19.3 Å². The van der Waals surface area contributed by atoms with Gasteiger partial charge in [-0.15, -0.1) is 0 Å². The Labute approximate surface area is 232 Å². The molecule has 4 rings (SSSR count). The van der Waals surface area contributed by atoms with Gasteiger partial charge < -0.3 is 19.7 Å². The van der Waals surface area contributed by atoms with Crippen LogP contribution in [0.1, 0.15) is 56.9 Å². The first-order valence-electron chi connectivity index (χ1n) is 14.4. The van der Waals surface area contributed by atoms with Crippen molar-refractivity contribution >= 4 is 12.0 Å². The van der Waals surface area contributed by atoms with Crippen LogP contribution in [-0.2, 0) is 20.9 Å². The molecule has 1 aliphatic carbocycles. The molecule has 0 aromatic heterocycles. The third-order valence-corrected chi connectivity index (χ3v) is 8.26. The lowest BCUT2D eigenvalue weighted by Crippen LogP contribution is -2.65. The molecular formula is C29H44N6O4. The third kappa shape index (κ3) is 8.90. The van der Waals surface area contributed by atoms with Gasteiger partial charge in [0.1, 0.15) is 18.4 Å². The summed E-state index contributed by atoms with van der Waals surface area (Å²) in [7, 11) is 2.03. The predicted octanol–water partition coefficient (Wildman–Crippen LogP) is 2.56. The van der Waals surface area contributed by atoms with E-state index in [1.54, 1.807) is 0 Å². The van der Waals surface area contributed by atoms with Crippen LogP contribution in [0.4, 0.5) is 4.79 Å². The molecule has 1 saturated carbocycles. The SMILES string of the molecule is CN1CCC(C#N)(NC(=O)C(CC2CCCCC2)NC(NC(=O)OCc2ccccc2)N2CCOCC2)CC1. The molecule has 0 radical (unpaired) electrons. The number of carbonyl (C=O) groups is 2. The van der Waals surface area contributed by atoms with Crippen molar-refractivity contribution in [2.75, 3.05) is 46.4 Å². The van der Waals surface area contributed by atoms with Crippen LogP contribution >= 0.6 is 0 Å². The van der Waals surface area contributed by atoms with Gasteiger partial charge in [0.05, 0.1) is 25.3 Å². The Bertz CT molecular complexity index is 950. The van der Waals surface area contributed by atoms with Crippen molar-refractivity contribution < 1.29 is 19.1 Å². The van der Waals surface area contributed by atoms with Crippen molar-refractivity contribution in [1.82, 2.24) is 25.8 Å². The number of benzene rings is 1. The lowest BCUT2D eigenvalue weighted by molar-refractivity contribution is -0.126. The van der Waals surface area contributed by atoms with Crippen LogP contribution in [0.2, 0.25) is 0 Å². The Morgan fingerprint density at radius 1 is 1.10 bits per heavy atom. The zero-order chi connectivity index (χ0) is 27.5. The summed E-state index contributed by atoms with van der Waals surface area (Å²) < 4.78 is 11.0. The highest BCUT2D eigenvalue weighted by Crippen LogP contribution is 2.28. The van der Waals surface area contributed by atoms with E-state index >= 15 is 0 Å². The summed E-state index contributed by atoms with van der Waals surface area (Å²) in [4.78, 5) is 30.9. The number of nitrogens with one attached hydrogen (secondary N) is 3. The summed E-state index contributed by atoms with van der Waals surface area (Å²) in [6.45, 7) is 4.01. The molecule has 10 heteroatoms. The van der Waals surface area contributed by atoms with E-state index in [9.17, 15) is 14.9 Å². The molecule has 2 amide bonds. The molecule has 3 N–H and O–H groups in total. The highest BCUT2D eigenvalue weighted by Gasteiger charge is 2.38. The number of carbonyl (C=O) groups excluding carboxylic acids is 2. The van der Waals surface area contributed by atoms with Gasteiger partial charge in [-0.3, -0.25) is 20.3 Å². The maximum absolute atomic E-state index is 13.8. The van der Waals surface area contributed by atoms with Crippen LogP contribution in [0.25, 0.3) is 0 Å². The van der Waals surface area contributed by atoms with Crippen molar-refractivity contribution in [2.45, 2.75) is 75.8 Å². The molecule has 2 saturated heterocycles. The number of alkyl carbamates (subject to hydrolysis) is 1. The van der Waals surface area contributed by atoms with Crippen LogP contribution in [0.5, 0.6) is 0 Å². The smallest absolute Gasteiger partial charge is 0.409 e. The van der Waals surface area contributed by atoms with Crippen molar-refractivity contribution in [2.24, 2.45) is 5.92 Å². The Balaban J connectivity index is 1.47. The number of nitrogens with zero attached hydrogens (tertiary/aromatic N) is 3. The Morgan fingerprint density at radius 3 is 2.46 bits per heavy atom. The highest BCUT2D eigenvalue weighted by atomic mass is 16.5. The maximum Gasteiger partial charge on any atom is 0.409 e. The largest absolute Gasteiger partial charge is 0.445 e. The maximum atomic E-state index is 13.8. The normalized spacial score (nSPS) is 22.3. The van der Waals surface area contributed by atoms with Gasteiger partial charge in [0.25, 0.3) is 0 Å². The monoisotopic (exact) mass is 540 g/mol. The van der Waals surface area contributed by atoms with Crippen LogP contribution in [0, 0.1) is 17.2 Å². The number of amides is 2. The molecule has 39 heavy (non-hydrogen) atoms. The van der Waals surface area contributed by atoms with E-state index in [0.717, 1.165) is 31.5 Å². The average molecular weight is 541 g/mol. The van der Waals surface area contributed by atoms with E-state index in [4.69, 9.17) is 9.47 Å². The molecule has 0 spiro atoms. The number of piperidine rings is 1. The van der Waals surface area contributed by atoms with Crippen molar-refractivity contribution in [3.05, 3.63) is 35.9 Å². The molecule has 2 atom stereocenters. The Kier molecular flexibility index (Phi) is 11.0. The first kappa shape index (κ1) is 29.3. The predicted molar refractivity (Wildman–Crippen MR) is 147 cm³/mol. The van der Waals surface area contributed by atoms with Gasteiger partial charge in [0.15, 0.2) is 0 Å². The van der Waals surface area contributed by atoms with Gasteiger partial charge in [-0.25, -0.2) is 4.79 Å². The van der Waals surface area contributed by atoms with Gasteiger partial charge in [-0.2, -0.15) is 5.26 Å². The second-order valence-electron chi connectivity index (χ2n) is 11.2. The summed E-state index contributed by atoms with van der Waals surface area (Å²) >= 11 is 0. The third-order valence-electron chi connectivity index (χ3n) is 8.26. The van der Waals surface area contributed by atoms with Crippen LogP contribution in [0.3, 0.4) is 0 Å². The number of hydrogen-bond acceptors (Lipinski definition) is 8. The quantitative estimate of drug-likeness (QED) is 0.388. The number of nitriles is 1. The van der Waals surface area contributed by atoms with Gasteiger partial charge in [-0.05, 0) is 37.8 Å². The summed E-state index contributed by atoms with van der Waals surface area (Å²) in [6.07, 6.45) is 6.46. The Hall–Kier alpha value is -2.71.